The molecule has 3 N–H and O–H groups in total. The van der Waals surface area contributed by atoms with Crippen molar-refractivity contribution in [1.82, 2.24) is 6.15 Å². The van der Waals surface area contributed by atoms with Crippen LogP contribution in [0, 0.1) is 42.4 Å². The van der Waals surface area contributed by atoms with E-state index in [9.17, 15) is 3.90 Å². The van der Waals surface area contributed by atoms with E-state index in [1.165, 1.54) is 0 Å². The van der Waals surface area contributed by atoms with Crippen molar-refractivity contribution < 1.29 is 19.4 Å². The molecule has 0 rings (SSSR count). The Bertz CT molecular complexity index is 354. The summed E-state index contributed by atoms with van der Waals surface area (Å²) in [6.45, 7) is 0. The van der Waals surface area contributed by atoms with Gasteiger partial charge >= 0.3 is 61.8 Å². The first-order chi connectivity index (χ1) is 5.04. The molecule has 0 atom stereocenters. The quantitative estimate of drug-likeness (QED) is 0.474. The third-order valence-corrected chi connectivity index (χ3v) is 2.22. The Morgan fingerprint density at radius 2 is 1.33 bits per heavy atom. The molecule has 0 spiro atoms. The van der Waals surface area contributed by atoms with Crippen LogP contribution in [-0.4, -0.2) is 0 Å². The number of nitriles is 4. The van der Waals surface area contributed by atoms with Gasteiger partial charge in [0.05, 0.1) is 0 Å². The summed E-state index contributed by atoms with van der Waals surface area (Å²) in [6.07, 6.45) is 0.874. The number of hydrogen-bond donors (Lipinski definition) is 1. The van der Waals surface area contributed by atoms with Crippen LogP contribution in [0.15, 0.2) is 0 Å². The van der Waals surface area contributed by atoms with Crippen LogP contribution in [-0.2, 0) is 19.4 Å². The summed E-state index contributed by atoms with van der Waals surface area (Å²) in [5, 5.41) is 34.9. The van der Waals surface area contributed by atoms with E-state index in [0.717, 1.165) is 21.4 Å². The van der Waals surface area contributed by atoms with Crippen LogP contribution in [0.4, 0.5) is 0 Å². The van der Waals surface area contributed by atoms with E-state index in [-0.39, 0.29) is 6.15 Å². The van der Waals surface area contributed by atoms with Gasteiger partial charge in [0.25, 0.3) is 0 Å². The summed E-state index contributed by atoms with van der Waals surface area (Å²) in [5.41, 5.74) is 0. The molecule has 7 nitrogen and oxygen atoms in total. The van der Waals surface area contributed by atoms with Crippen molar-refractivity contribution in [3.05, 3.63) is 0 Å². The molecule has 0 aromatic heterocycles. The van der Waals surface area contributed by atoms with E-state index < -0.39 is 11.6 Å². The van der Waals surface area contributed by atoms with Crippen LogP contribution >= 0.6 is 0 Å². The molecule has 0 radical (unpaired) electrons. The van der Waals surface area contributed by atoms with E-state index in [2.05, 4.69) is 3.88 Å². The first kappa shape index (κ1) is 12.7. The number of nitrogens with zero attached hydrogens (tertiary/aromatic N) is 4. The Kier molecular flexibility index (Phi) is 3.61. The van der Waals surface area contributed by atoms with E-state index in [1.54, 1.807) is 0 Å². The molecular formula is C4H3N5NiO2. The van der Waals surface area contributed by atoms with Gasteiger partial charge in [-0.1, -0.05) is 0 Å². The molecule has 0 bridgehead atoms. The van der Waals surface area contributed by atoms with Gasteiger partial charge in [-0.15, -0.1) is 0 Å². The molecule has 0 amide bonds. The van der Waals surface area contributed by atoms with Crippen molar-refractivity contribution in [2.24, 2.45) is 0 Å². The molecule has 0 aromatic rings. The average Bonchev–Trinajstić information content (AvgIpc) is 2.06. The van der Waals surface area contributed by atoms with Crippen molar-refractivity contribution in [3.8, 4) is 21.4 Å². The average molecular weight is 212 g/mol. The molecule has 0 saturated carbocycles. The van der Waals surface area contributed by atoms with Crippen molar-refractivity contribution in [2.75, 3.05) is 0 Å². The van der Waals surface area contributed by atoms with Crippen LogP contribution in [0.3, 0.4) is 0 Å². The van der Waals surface area contributed by atoms with Gasteiger partial charge in [0.15, 0.2) is 0 Å². The Morgan fingerprint density at radius 1 is 1.00 bits per heavy atom. The summed E-state index contributed by atoms with van der Waals surface area (Å²) >= 11 is -5.22. The summed E-state index contributed by atoms with van der Waals surface area (Å²) in [7, 11) is 0. The molecule has 0 heterocycles. The van der Waals surface area contributed by atoms with E-state index in [4.69, 9.17) is 21.0 Å². The van der Waals surface area contributed by atoms with Gasteiger partial charge < -0.3 is 6.15 Å². The van der Waals surface area contributed by atoms with Crippen LogP contribution in [0.25, 0.3) is 0 Å². The Morgan fingerprint density at radius 3 is 1.42 bits per heavy atom. The minimum atomic E-state index is -5.22. The summed E-state index contributed by atoms with van der Waals surface area (Å²) < 4.78 is 14.6. The molecule has 12 heavy (non-hydrogen) atoms. The predicted molar refractivity (Wildman–Crippen MR) is 29.2 cm³/mol. The molecule has 0 aliphatic rings. The van der Waals surface area contributed by atoms with Crippen LogP contribution in [0.5, 0.6) is 0 Å². The molecule has 0 saturated heterocycles. The molecule has 0 aromatic carbocycles. The number of hydrogen-bond acceptors (Lipinski definition) is 7. The second-order valence-corrected chi connectivity index (χ2v) is 4.02. The zero-order chi connectivity index (χ0) is 8.98. The van der Waals surface area contributed by atoms with E-state index in [1.807, 2.05) is 0 Å². The fourth-order valence-corrected chi connectivity index (χ4v) is 0.601. The van der Waals surface area contributed by atoms with Crippen molar-refractivity contribution in [1.29, 1.82) is 21.0 Å². The van der Waals surface area contributed by atoms with Gasteiger partial charge in [-0.25, -0.2) is 0 Å². The van der Waals surface area contributed by atoms with Gasteiger partial charge in [-0.3, -0.25) is 0 Å². The fraction of sp³-hybridized carbons (Fsp3) is 0. The Balaban J connectivity index is 0. The molecule has 8 heteroatoms. The normalized spacial score (nSPS) is 10.8. The van der Waals surface area contributed by atoms with Crippen LogP contribution in [0.2, 0.25) is 0 Å². The maximum absolute atomic E-state index is 11.0. The van der Waals surface area contributed by atoms with Crippen LogP contribution < -0.4 is 6.15 Å². The predicted octanol–water partition coefficient (Wildman–Crippen LogP) is 0.0394. The molecule has 0 aliphatic carbocycles. The summed E-state index contributed by atoms with van der Waals surface area (Å²) in [5.74, 6) is 0. The zero-order valence-corrected chi connectivity index (χ0v) is 6.62. The van der Waals surface area contributed by atoms with Gasteiger partial charge in [0, 0.05) is 0 Å². The van der Waals surface area contributed by atoms with E-state index in [0.29, 0.717) is 0 Å². The first-order valence-electron chi connectivity index (χ1n) is 1.83. The summed E-state index contributed by atoms with van der Waals surface area (Å²) in [4.78, 5) is 0. The molecule has 0 aliphatic heterocycles. The third kappa shape index (κ3) is 1.75. The zero-order valence-electron chi connectivity index (χ0n) is 5.63. The SMILES string of the molecule is N.N#C[O][Ni](=[O])([C]#N)([C]#N)[C]#N. The van der Waals surface area contributed by atoms with Gasteiger partial charge in [0.1, 0.15) is 0 Å². The van der Waals surface area contributed by atoms with E-state index >= 15 is 0 Å². The maximum atomic E-state index is 11.0. The molecular weight excluding hydrogens is 209 g/mol. The standard InChI is InChI=1S/CHNO.3CN.H3N.Ni.O/c2-1-3;3*1-2;;;/h3H;;;;1H3;;/q;;;;;+1;/p-1. The summed E-state index contributed by atoms with van der Waals surface area (Å²) in [6, 6.07) is 0. The second-order valence-electron chi connectivity index (χ2n) is 1.05. The van der Waals surface area contributed by atoms with Gasteiger partial charge in [-0.2, -0.15) is 0 Å². The monoisotopic (exact) mass is 211 g/mol. The minimum absolute atomic E-state index is 0. The van der Waals surface area contributed by atoms with Crippen molar-refractivity contribution >= 4 is 0 Å². The second kappa shape index (κ2) is 3.42. The van der Waals surface area contributed by atoms with Crippen molar-refractivity contribution in [2.45, 2.75) is 0 Å². The van der Waals surface area contributed by atoms with Crippen molar-refractivity contribution in [3.63, 3.8) is 0 Å². The van der Waals surface area contributed by atoms with Crippen LogP contribution in [0.1, 0.15) is 0 Å². The topological polar surface area (TPSA) is 156 Å². The van der Waals surface area contributed by atoms with Gasteiger partial charge in [0.2, 0.25) is 0 Å². The third-order valence-electron chi connectivity index (χ3n) is 0.537. The first-order valence-corrected chi connectivity index (χ1v) is 4.12. The Hall–Kier alpha value is -1.99. The molecule has 66 valence electrons. The van der Waals surface area contributed by atoms with Gasteiger partial charge in [-0.05, 0) is 0 Å². The molecule has 0 unspecified atom stereocenters. The number of rotatable bonds is 1. The fourth-order valence-electron chi connectivity index (χ4n) is 0.146. The molecule has 0 fully saturated rings. The Labute approximate surface area is 68.6 Å².